The van der Waals surface area contributed by atoms with Crippen LogP contribution in [0.3, 0.4) is 0 Å². The molecule has 2 rings (SSSR count). The van der Waals surface area contributed by atoms with Crippen molar-refractivity contribution in [3.05, 3.63) is 59.6 Å². The molecule has 0 saturated carbocycles. The van der Waals surface area contributed by atoms with Crippen LogP contribution in [-0.4, -0.2) is 41.7 Å². The highest BCUT2D eigenvalue weighted by atomic mass is 19.1. The van der Waals surface area contributed by atoms with E-state index in [9.17, 15) is 14.0 Å². The number of halogens is 1. The molecule has 1 aromatic heterocycles. The Bertz CT molecular complexity index is 987. The number of nitrogens with one attached hydrogen (secondary N) is 2. The van der Waals surface area contributed by atoms with Crippen molar-refractivity contribution >= 4 is 24.0 Å². The van der Waals surface area contributed by atoms with E-state index in [1.54, 1.807) is 36.5 Å². The lowest BCUT2D eigenvalue weighted by molar-refractivity contribution is -0.125. The van der Waals surface area contributed by atoms with Crippen molar-refractivity contribution in [3.8, 4) is 11.1 Å². The summed E-state index contributed by atoms with van der Waals surface area (Å²) in [6, 6.07) is 7.85. The van der Waals surface area contributed by atoms with Gasteiger partial charge in [-0.2, -0.15) is 5.10 Å². The molecule has 164 valence electrons. The van der Waals surface area contributed by atoms with E-state index < -0.39 is 11.9 Å². The normalized spacial score (nSPS) is 12.8. The zero-order valence-corrected chi connectivity index (χ0v) is 17.2. The lowest BCUT2D eigenvalue weighted by Gasteiger charge is -2.20. The van der Waals surface area contributed by atoms with Crippen LogP contribution < -0.4 is 28.1 Å². The second kappa shape index (κ2) is 10.7. The Morgan fingerprint density at radius 3 is 2.55 bits per heavy atom. The first-order valence-corrected chi connectivity index (χ1v) is 9.22. The van der Waals surface area contributed by atoms with Crippen LogP contribution in [-0.2, 0) is 9.59 Å². The number of pyridine rings is 1. The summed E-state index contributed by atoms with van der Waals surface area (Å²) >= 11 is 0. The standard InChI is InChI=1S/C20H25FN8O2/c1-12(21)7-8-29(24)19(28-23)16-9-15(10-26-18(16)22)13-3-5-14(6-4-13)17(27-11-30)20(31)25-2/h3-7,9-11,17H,8,23-24H2,1-2H3,(H2,22,26)(H,25,31)(H,27,30)/b12-7+,28-19-. The third-order valence-corrected chi connectivity index (χ3v) is 4.44. The van der Waals surface area contributed by atoms with E-state index in [-0.39, 0.29) is 24.1 Å². The first-order chi connectivity index (χ1) is 14.8. The fourth-order valence-electron chi connectivity index (χ4n) is 2.83. The van der Waals surface area contributed by atoms with E-state index in [0.29, 0.717) is 23.1 Å². The summed E-state index contributed by atoms with van der Waals surface area (Å²) in [6.45, 7) is 1.33. The number of benzene rings is 1. The maximum atomic E-state index is 13.0. The Balaban J connectivity index is 2.37. The molecule has 1 unspecified atom stereocenters. The van der Waals surface area contributed by atoms with Gasteiger partial charge in [0.25, 0.3) is 0 Å². The van der Waals surface area contributed by atoms with E-state index in [0.717, 1.165) is 10.6 Å². The number of carbonyl (C=O) groups excluding carboxylic acids is 2. The highest BCUT2D eigenvalue weighted by Crippen LogP contribution is 2.25. The third kappa shape index (κ3) is 5.76. The Labute approximate surface area is 179 Å². The first kappa shape index (κ1) is 23.3. The predicted molar refractivity (Wildman–Crippen MR) is 117 cm³/mol. The Morgan fingerprint density at radius 2 is 2.00 bits per heavy atom. The van der Waals surface area contributed by atoms with Gasteiger partial charge in [-0.1, -0.05) is 24.3 Å². The first-order valence-electron chi connectivity index (χ1n) is 9.22. The van der Waals surface area contributed by atoms with Gasteiger partial charge in [-0.25, -0.2) is 15.2 Å². The Kier molecular flexibility index (Phi) is 8.03. The molecule has 0 bridgehead atoms. The van der Waals surface area contributed by atoms with Crippen molar-refractivity contribution in [1.29, 1.82) is 0 Å². The number of nitrogens with two attached hydrogens (primary N) is 3. The molecule has 0 aliphatic carbocycles. The molecule has 2 amide bonds. The molecule has 2 aromatic rings. The largest absolute Gasteiger partial charge is 0.383 e. The van der Waals surface area contributed by atoms with Gasteiger partial charge in [-0.3, -0.25) is 14.6 Å². The van der Waals surface area contributed by atoms with E-state index in [2.05, 4.69) is 20.7 Å². The average molecular weight is 428 g/mol. The summed E-state index contributed by atoms with van der Waals surface area (Å²) in [4.78, 5) is 27.0. The molecule has 0 radical (unpaired) electrons. The fraction of sp³-hybridized carbons (Fsp3) is 0.200. The van der Waals surface area contributed by atoms with Gasteiger partial charge in [0.15, 0.2) is 5.84 Å². The van der Waals surface area contributed by atoms with Crippen LogP contribution in [0.4, 0.5) is 10.2 Å². The number of allylic oxidation sites excluding steroid dienone is 1. The quantitative estimate of drug-likeness (QED) is 0.134. The number of aromatic nitrogens is 1. The number of carbonyl (C=O) groups is 2. The number of rotatable bonds is 8. The highest BCUT2D eigenvalue weighted by Gasteiger charge is 2.19. The molecule has 0 spiro atoms. The predicted octanol–water partition coefficient (Wildman–Crippen LogP) is 0.533. The van der Waals surface area contributed by atoms with Gasteiger partial charge in [-0.15, -0.1) is 0 Å². The molecule has 0 aliphatic rings. The smallest absolute Gasteiger partial charge is 0.246 e. The van der Waals surface area contributed by atoms with Gasteiger partial charge in [-0.05, 0) is 30.2 Å². The van der Waals surface area contributed by atoms with Crippen molar-refractivity contribution in [3.63, 3.8) is 0 Å². The molecule has 1 heterocycles. The Morgan fingerprint density at radius 1 is 1.32 bits per heavy atom. The van der Waals surface area contributed by atoms with Crippen LogP contribution >= 0.6 is 0 Å². The number of nitrogens with zero attached hydrogens (tertiary/aromatic N) is 3. The van der Waals surface area contributed by atoms with E-state index in [4.69, 9.17) is 17.4 Å². The van der Waals surface area contributed by atoms with E-state index >= 15 is 0 Å². The molecule has 8 N–H and O–H groups in total. The number of amidine groups is 1. The molecule has 0 fully saturated rings. The van der Waals surface area contributed by atoms with Crippen LogP contribution in [0.25, 0.3) is 11.1 Å². The van der Waals surface area contributed by atoms with Gasteiger partial charge in [0.05, 0.1) is 17.9 Å². The van der Waals surface area contributed by atoms with E-state index in [1.165, 1.54) is 20.0 Å². The molecular formula is C20H25FN8O2. The number of hydrogen-bond donors (Lipinski definition) is 5. The van der Waals surface area contributed by atoms with Crippen LogP contribution in [0, 0.1) is 0 Å². The van der Waals surface area contributed by atoms with Crippen LogP contribution in [0.1, 0.15) is 24.1 Å². The minimum absolute atomic E-state index is 0.0291. The van der Waals surface area contributed by atoms with Gasteiger partial charge in [0.1, 0.15) is 11.9 Å². The number of likely N-dealkylation sites (N-methyl/N-ethyl adjacent to an activating group) is 1. The average Bonchev–Trinajstić information content (AvgIpc) is 2.77. The molecular weight excluding hydrogens is 403 g/mol. The van der Waals surface area contributed by atoms with Crippen LogP contribution in [0.15, 0.2) is 53.5 Å². The molecule has 31 heavy (non-hydrogen) atoms. The van der Waals surface area contributed by atoms with Gasteiger partial charge in [0.2, 0.25) is 12.3 Å². The Hall–Kier alpha value is -3.99. The minimum atomic E-state index is -0.814. The number of nitrogen functional groups attached to an aromatic ring is 1. The van der Waals surface area contributed by atoms with Crippen molar-refractivity contribution in [1.82, 2.24) is 20.6 Å². The maximum absolute atomic E-state index is 13.0. The topological polar surface area (TPSA) is 165 Å². The summed E-state index contributed by atoms with van der Waals surface area (Å²) in [5, 5.41) is 9.81. The SMILES string of the molecule is CNC(=O)C(NC=O)c1ccc(-c2cnc(N)c(/C(=N/N)N(N)C/C=C(\C)F)c2)cc1. The maximum Gasteiger partial charge on any atom is 0.246 e. The second-order valence-electron chi connectivity index (χ2n) is 6.51. The third-order valence-electron chi connectivity index (χ3n) is 4.44. The van der Waals surface area contributed by atoms with Crippen molar-refractivity contribution in [2.45, 2.75) is 13.0 Å². The molecule has 10 nitrogen and oxygen atoms in total. The number of hydrogen-bond acceptors (Lipinski definition) is 7. The van der Waals surface area contributed by atoms with Gasteiger partial charge < -0.3 is 22.2 Å². The number of hydrazone groups is 1. The van der Waals surface area contributed by atoms with E-state index in [1.807, 2.05) is 0 Å². The zero-order valence-electron chi connectivity index (χ0n) is 17.2. The van der Waals surface area contributed by atoms with Crippen molar-refractivity contribution < 1.29 is 14.0 Å². The van der Waals surface area contributed by atoms with Gasteiger partial charge >= 0.3 is 0 Å². The summed E-state index contributed by atoms with van der Waals surface area (Å²) in [7, 11) is 1.49. The minimum Gasteiger partial charge on any atom is -0.383 e. The highest BCUT2D eigenvalue weighted by molar-refractivity contribution is 6.03. The van der Waals surface area contributed by atoms with Gasteiger partial charge in [0, 0.05) is 18.8 Å². The summed E-state index contributed by atoms with van der Waals surface area (Å²) in [5.74, 6) is 11.0. The summed E-state index contributed by atoms with van der Waals surface area (Å²) in [6.07, 6.45) is 3.30. The molecule has 1 atom stereocenters. The molecule has 0 saturated heterocycles. The molecule has 11 heteroatoms. The van der Waals surface area contributed by atoms with Crippen LogP contribution in [0.5, 0.6) is 0 Å². The molecule has 1 aromatic carbocycles. The summed E-state index contributed by atoms with van der Waals surface area (Å²) in [5.41, 5.74) is 8.40. The van der Waals surface area contributed by atoms with Crippen molar-refractivity contribution in [2.24, 2.45) is 16.8 Å². The summed E-state index contributed by atoms with van der Waals surface area (Å²) < 4.78 is 13.0. The number of hydrazine groups is 1. The van der Waals surface area contributed by atoms with Crippen LogP contribution in [0.2, 0.25) is 0 Å². The molecule has 0 aliphatic heterocycles. The second-order valence-corrected chi connectivity index (χ2v) is 6.51. The number of amides is 2. The lowest BCUT2D eigenvalue weighted by Crippen LogP contribution is -2.39. The van der Waals surface area contributed by atoms with Crippen molar-refractivity contribution in [2.75, 3.05) is 19.3 Å². The monoisotopic (exact) mass is 428 g/mol. The zero-order chi connectivity index (χ0) is 23.0. The fourth-order valence-corrected chi connectivity index (χ4v) is 2.83. The lowest BCUT2D eigenvalue weighted by atomic mass is 10.00. The number of anilines is 1.